The SMILES string of the molecule is Cn1cccc1C(=O)Nc1cncc(C(=O)O)c1. The van der Waals surface area contributed by atoms with Gasteiger partial charge in [0.05, 0.1) is 17.4 Å². The molecule has 18 heavy (non-hydrogen) atoms. The van der Waals surface area contributed by atoms with E-state index < -0.39 is 5.97 Å². The Kier molecular flexibility index (Phi) is 3.09. The van der Waals surface area contributed by atoms with E-state index in [0.29, 0.717) is 11.4 Å². The van der Waals surface area contributed by atoms with Crippen molar-refractivity contribution in [1.82, 2.24) is 9.55 Å². The number of pyridine rings is 1. The fourth-order valence-corrected chi connectivity index (χ4v) is 1.52. The van der Waals surface area contributed by atoms with Crippen LogP contribution in [-0.4, -0.2) is 26.5 Å². The number of amides is 1. The second-order valence-corrected chi connectivity index (χ2v) is 3.73. The maximum atomic E-state index is 11.9. The molecule has 0 aromatic carbocycles. The summed E-state index contributed by atoms with van der Waals surface area (Å²) in [5, 5.41) is 11.4. The molecule has 0 spiro atoms. The zero-order valence-electron chi connectivity index (χ0n) is 9.62. The van der Waals surface area contributed by atoms with Gasteiger partial charge < -0.3 is 15.0 Å². The lowest BCUT2D eigenvalue weighted by atomic mass is 10.2. The maximum absolute atomic E-state index is 11.9. The van der Waals surface area contributed by atoms with E-state index >= 15 is 0 Å². The number of anilines is 1. The molecule has 2 heterocycles. The van der Waals surface area contributed by atoms with E-state index in [1.54, 1.807) is 29.9 Å². The summed E-state index contributed by atoms with van der Waals surface area (Å²) in [7, 11) is 1.75. The minimum Gasteiger partial charge on any atom is -0.478 e. The van der Waals surface area contributed by atoms with Gasteiger partial charge in [-0.05, 0) is 18.2 Å². The molecule has 1 amide bonds. The van der Waals surface area contributed by atoms with Gasteiger partial charge >= 0.3 is 5.97 Å². The van der Waals surface area contributed by atoms with Crippen LogP contribution in [0.25, 0.3) is 0 Å². The number of hydrogen-bond acceptors (Lipinski definition) is 3. The third-order valence-electron chi connectivity index (χ3n) is 2.42. The first kappa shape index (κ1) is 11.8. The molecule has 0 aliphatic rings. The fourth-order valence-electron chi connectivity index (χ4n) is 1.52. The number of aromatic carboxylic acids is 1. The zero-order valence-corrected chi connectivity index (χ0v) is 9.62. The molecular weight excluding hydrogens is 234 g/mol. The number of carbonyl (C=O) groups is 2. The Morgan fingerprint density at radius 2 is 2.17 bits per heavy atom. The molecule has 0 bridgehead atoms. The summed E-state index contributed by atoms with van der Waals surface area (Å²) in [6.45, 7) is 0. The molecular formula is C12H11N3O3. The molecule has 0 atom stereocenters. The lowest BCUT2D eigenvalue weighted by Crippen LogP contribution is -2.15. The molecule has 0 unspecified atom stereocenters. The van der Waals surface area contributed by atoms with Crippen molar-refractivity contribution >= 4 is 17.6 Å². The molecule has 0 fully saturated rings. The van der Waals surface area contributed by atoms with Gasteiger partial charge in [0.1, 0.15) is 5.69 Å². The Bertz CT molecular complexity index is 604. The molecule has 0 saturated carbocycles. The van der Waals surface area contributed by atoms with Crippen molar-refractivity contribution in [3.05, 3.63) is 48.0 Å². The Morgan fingerprint density at radius 3 is 2.78 bits per heavy atom. The van der Waals surface area contributed by atoms with Crippen molar-refractivity contribution in [2.45, 2.75) is 0 Å². The van der Waals surface area contributed by atoms with Crippen LogP contribution < -0.4 is 5.32 Å². The lowest BCUT2D eigenvalue weighted by molar-refractivity contribution is 0.0696. The number of carboxylic acid groups (broad SMARTS) is 1. The lowest BCUT2D eigenvalue weighted by Gasteiger charge is -2.06. The van der Waals surface area contributed by atoms with Gasteiger partial charge in [-0.25, -0.2) is 4.79 Å². The number of aromatic nitrogens is 2. The van der Waals surface area contributed by atoms with Gasteiger partial charge in [0.15, 0.2) is 0 Å². The van der Waals surface area contributed by atoms with Crippen LogP contribution in [0.15, 0.2) is 36.8 Å². The van der Waals surface area contributed by atoms with E-state index in [9.17, 15) is 9.59 Å². The molecule has 0 aliphatic heterocycles. The highest BCUT2D eigenvalue weighted by atomic mass is 16.4. The normalized spacial score (nSPS) is 10.1. The number of aryl methyl sites for hydroxylation is 1. The summed E-state index contributed by atoms with van der Waals surface area (Å²) >= 11 is 0. The van der Waals surface area contributed by atoms with Crippen molar-refractivity contribution in [3.63, 3.8) is 0 Å². The highest BCUT2D eigenvalue weighted by molar-refractivity contribution is 6.03. The van der Waals surface area contributed by atoms with Crippen LogP contribution in [-0.2, 0) is 7.05 Å². The Hall–Kier alpha value is -2.63. The molecule has 92 valence electrons. The number of nitrogens with zero attached hydrogens (tertiary/aromatic N) is 2. The second kappa shape index (κ2) is 4.70. The predicted molar refractivity (Wildman–Crippen MR) is 64.6 cm³/mol. The smallest absolute Gasteiger partial charge is 0.337 e. The second-order valence-electron chi connectivity index (χ2n) is 3.73. The van der Waals surface area contributed by atoms with E-state index in [1.807, 2.05) is 0 Å². The van der Waals surface area contributed by atoms with Crippen LogP contribution in [0.5, 0.6) is 0 Å². The van der Waals surface area contributed by atoms with E-state index in [4.69, 9.17) is 5.11 Å². The molecule has 0 aliphatic carbocycles. The molecule has 2 aromatic heterocycles. The number of carboxylic acids is 1. The minimum atomic E-state index is -1.09. The number of rotatable bonds is 3. The minimum absolute atomic E-state index is 0.0275. The summed E-state index contributed by atoms with van der Waals surface area (Å²) in [4.78, 5) is 26.4. The van der Waals surface area contributed by atoms with Crippen LogP contribution in [0.1, 0.15) is 20.8 Å². The number of carbonyl (C=O) groups excluding carboxylic acids is 1. The third kappa shape index (κ3) is 2.37. The van der Waals surface area contributed by atoms with Crippen molar-refractivity contribution in [3.8, 4) is 0 Å². The Balaban J connectivity index is 2.20. The van der Waals surface area contributed by atoms with Gasteiger partial charge in [-0.3, -0.25) is 9.78 Å². The third-order valence-corrected chi connectivity index (χ3v) is 2.42. The van der Waals surface area contributed by atoms with Gasteiger partial charge in [-0.15, -0.1) is 0 Å². The van der Waals surface area contributed by atoms with E-state index in [1.165, 1.54) is 18.5 Å². The van der Waals surface area contributed by atoms with Crippen molar-refractivity contribution in [1.29, 1.82) is 0 Å². The number of nitrogens with one attached hydrogen (secondary N) is 1. The molecule has 2 N–H and O–H groups in total. The van der Waals surface area contributed by atoms with Crippen molar-refractivity contribution in [2.24, 2.45) is 7.05 Å². The Morgan fingerprint density at radius 1 is 1.39 bits per heavy atom. The monoisotopic (exact) mass is 245 g/mol. The molecule has 0 saturated heterocycles. The van der Waals surface area contributed by atoms with Crippen LogP contribution in [0.3, 0.4) is 0 Å². The average Bonchev–Trinajstić information content (AvgIpc) is 2.76. The van der Waals surface area contributed by atoms with Crippen LogP contribution >= 0.6 is 0 Å². The van der Waals surface area contributed by atoms with Gasteiger partial charge in [-0.1, -0.05) is 0 Å². The van der Waals surface area contributed by atoms with Gasteiger partial charge in [-0.2, -0.15) is 0 Å². The largest absolute Gasteiger partial charge is 0.478 e. The van der Waals surface area contributed by atoms with Gasteiger partial charge in [0.25, 0.3) is 5.91 Å². The van der Waals surface area contributed by atoms with Crippen molar-refractivity contribution < 1.29 is 14.7 Å². The van der Waals surface area contributed by atoms with E-state index in [0.717, 1.165) is 0 Å². The summed E-state index contributed by atoms with van der Waals surface area (Å²) in [5.41, 5.74) is 0.858. The van der Waals surface area contributed by atoms with Gasteiger partial charge in [0.2, 0.25) is 0 Å². The van der Waals surface area contributed by atoms with E-state index in [2.05, 4.69) is 10.3 Å². The molecule has 0 radical (unpaired) electrons. The van der Waals surface area contributed by atoms with Gasteiger partial charge in [0, 0.05) is 19.4 Å². The summed E-state index contributed by atoms with van der Waals surface area (Å²) in [6, 6.07) is 4.78. The Labute approximate surface area is 103 Å². The molecule has 6 nitrogen and oxygen atoms in total. The van der Waals surface area contributed by atoms with Crippen LogP contribution in [0.4, 0.5) is 5.69 Å². The average molecular weight is 245 g/mol. The highest BCUT2D eigenvalue weighted by Crippen LogP contribution is 2.10. The summed E-state index contributed by atoms with van der Waals surface area (Å²) in [5.74, 6) is -1.40. The fraction of sp³-hybridized carbons (Fsp3) is 0.0833. The maximum Gasteiger partial charge on any atom is 0.337 e. The standard InChI is InChI=1S/C12H11N3O3/c1-15-4-2-3-10(15)11(16)14-9-5-8(12(17)18)6-13-7-9/h2-7H,1H3,(H,14,16)(H,17,18). The zero-order chi connectivity index (χ0) is 13.1. The van der Waals surface area contributed by atoms with Crippen LogP contribution in [0, 0.1) is 0 Å². The quantitative estimate of drug-likeness (QED) is 0.855. The first-order chi connectivity index (χ1) is 8.58. The van der Waals surface area contributed by atoms with Crippen LogP contribution in [0.2, 0.25) is 0 Å². The summed E-state index contributed by atoms with van der Waals surface area (Å²) in [6.07, 6.45) is 4.37. The summed E-state index contributed by atoms with van der Waals surface area (Å²) < 4.78 is 1.67. The molecule has 2 rings (SSSR count). The topological polar surface area (TPSA) is 84.2 Å². The highest BCUT2D eigenvalue weighted by Gasteiger charge is 2.10. The first-order valence-corrected chi connectivity index (χ1v) is 5.19. The molecule has 2 aromatic rings. The molecule has 6 heteroatoms. The first-order valence-electron chi connectivity index (χ1n) is 5.19. The van der Waals surface area contributed by atoms with Crippen molar-refractivity contribution in [2.75, 3.05) is 5.32 Å². The number of hydrogen-bond donors (Lipinski definition) is 2. The van der Waals surface area contributed by atoms with E-state index in [-0.39, 0.29) is 11.5 Å². The predicted octanol–water partition coefficient (Wildman–Crippen LogP) is 1.37.